The minimum Gasteiger partial charge on any atom is -0.339 e. The van der Waals surface area contributed by atoms with Crippen LogP contribution in [0.5, 0.6) is 0 Å². The lowest BCUT2D eigenvalue weighted by atomic mass is 10.3. The van der Waals surface area contributed by atoms with Crippen molar-refractivity contribution in [1.29, 1.82) is 0 Å². The summed E-state index contributed by atoms with van der Waals surface area (Å²) in [6, 6.07) is 13.6. The van der Waals surface area contributed by atoms with E-state index in [1.165, 1.54) is 22.7 Å². The van der Waals surface area contributed by atoms with Gasteiger partial charge in [-0.1, -0.05) is 24.3 Å². The smallest absolute Gasteiger partial charge is 0.286 e. The Morgan fingerprint density at radius 1 is 1.04 bits per heavy atom. The highest BCUT2D eigenvalue weighted by Gasteiger charge is 2.12. The van der Waals surface area contributed by atoms with Crippen LogP contribution in [0, 0.1) is 5.82 Å². The Labute approximate surface area is 155 Å². The molecule has 7 heteroatoms. The number of thioether (sulfide) groups is 2. The van der Waals surface area contributed by atoms with Gasteiger partial charge in [0.1, 0.15) is 5.82 Å². The first-order valence-electron chi connectivity index (χ1n) is 7.62. The molecule has 4 nitrogen and oxygen atoms in total. The highest BCUT2D eigenvalue weighted by molar-refractivity contribution is 8.13. The summed E-state index contributed by atoms with van der Waals surface area (Å²) in [5, 5.41) is 2.70. The minimum atomic E-state index is -0.281. The van der Waals surface area contributed by atoms with Gasteiger partial charge in [-0.3, -0.25) is 9.59 Å². The molecule has 2 aromatic carbocycles. The van der Waals surface area contributed by atoms with Gasteiger partial charge in [-0.15, -0.1) is 11.8 Å². The van der Waals surface area contributed by atoms with Crippen molar-refractivity contribution in [3.63, 3.8) is 0 Å². The van der Waals surface area contributed by atoms with E-state index < -0.39 is 0 Å². The molecule has 0 radical (unpaired) electrons. The molecule has 2 rings (SSSR count). The largest absolute Gasteiger partial charge is 0.339 e. The fraction of sp³-hybridized carbons (Fsp3) is 0.222. The normalized spacial score (nSPS) is 10.4. The zero-order valence-electron chi connectivity index (χ0n) is 14.0. The molecule has 0 aliphatic carbocycles. The molecule has 1 N–H and O–H groups in total. The molecule has 0 unspecified atom stereocenters. The average molecular weight is 378 g/mol. The lowest BCUT2D eigenvalue weighted by Crippen LogP contribution is -2.17. The van der Waals surface area contributed by atoms with Gasteiger partial charge in [0.05, 0.1) is 5.69 Å². The van der Waals surface area contributed by atoms with Crippen LogP contribution in [0.1, 0.15) is 6.42 Å². The Hall–Kier alpha value is -1.99. The number of nitrogens with zero attached hydrogens (tertiary/aromatic N) is 1. The predicted octanol–water partition coefficient (Wildman–Crippen LogP) is 4.72. The summed E-state index contributed by atoms with van der Waals surface area (Å²) in [6.45, 7) is 0. The molecule has 0 aliphatic rings. The molecule has 132 valence electrons. The van der Waals surface area contributed by atoms with Crippen molar-refractivity contribution in [2.45, 2.75) is 16.2 Å². The molecule has 0 aromatic heterocycles. The second-order valence-corrected chi connectivity index (χ2v) is 7.47. The number of carbonyl (C=O) groups excluding carboxylic acids is 2. The van der Waals surface area contributed by atoms with E-state index in [0.29, 0.717) is 21.2 Å². The zero-order chi connectivity index (χ0) is 18.2. The van der Waals surface area contributed by atoms with Gasteiger partial charge in [-0.05, 0) is 36.0 Å². The van der Waals surface area contributed by atoms with Crippen molar-refractivity contribution in [2.75, 3.05) is 25.2 Å². The third-order valence-corrected chi connectivity index (χ3v) is 5.31. The second kappa shape index (κ2) is 9.48. The maximum absolute atomic E-state index is 13.5. The summed E-state index contributed by atoms with van der Waals surface area (Å²) in [5.41, 5.74) is 0.601. The summed E-state index contributed by atoms with van der Waals surface area (Å²) >= 11 is 2.36. The van der Waals surface area contributed by atoms with Gasteiger partial charge in [0.15, 0.2) is 0 Å². The number of carbonyl (C=O) groups is 2. The standard InChI is InChI=1S/C18H19FN2O2S2/c1-21(2)18(23)25-16-10-6-4-8-14(16)20-17(22)11-12-24-15-9-5-3-7-13(15)19/h3-10H,11-12H2,1-2H3,(H,20,22). The summed E-state index contributed by atoms with van der Waals surface area (Å²) in [6.07, 6.45) is 0.250. The third kappa shape index (κ3) is 6.10. The lowest BCUT2D eigenvalue weighted by molar-refractivity contribution is -0.115. The van der Waals surface area contributed by atoms with Gasteiger partial charge in [-0.2, -0.15) is 0 Å². The van der Waals surface area contributed by atoms with Crippen LogP contribution in [0.4, 0.5) is 14.9 Å². The van der Waals surface area contributed by atoms with Gasteiger partial charge in [0.2, 0.25) is 5.91 Å². The molecular formula is C18H19FN2O2S2. The maximum Gasteiger partial charge on any atom is 0.286 e. The third-order valence-electron chi connectivity index (χ3n) is 3.15. The Kier molecular flexibility index (Phi) is 7.33. The van der Waals surface area contributed by atoms with Crippen LogP contribution in [0.2, 0.25) is 0 Å². The van der Waals surface area contributed by atoms with E-state index in [4.69, 9.17) is 0 Å². The van der Waals surface area contributed by atoms with E-state index >= 15 is 0 Å². The Bertz CT molecular complexity index is 753. The topological polar surface area (TPSA) is 49.4 Å². The predicted molar refractivity (Wildman–Crippen MR) is 102 cm³/mol. The number of hydrogen-bond donors (Lipinski definition) is 1. The molecule has 2 amide bonds. The molecule has 0 bridgehead atoms. The van der Waals surface area contributed by atoms with Gasteiger partial charge in [0.25, 0.3) is 5.24 Å². The van der Waals surface area contributed by atoms with Crippen LogP contribution in [0.15, 0.2) is 58.3 Å². The number of benzene rings is 2. The molecule has 0 spiro atoms. The highest BCUT2D eigenvalue weighted by atomic mass is 32.2. The van der Waals surface area contributed by atoms with E-state index in [9.17, 15) is 14.0 Å². The molecule has 0 saturated carbocycles. The summed E-state index contributed by atoms with van der Waals surface area (Å²) < 4.78 is 13.5. The van der Waals surface area contributed by atoms with E-state index in [1.54, 1.807) is 50.5 Å². The van der Waals surface area contributed by atoms with Crippen LogP contribution in [-0.4, -0.2) is 35.9 Å². The van der Waals surface area contributed by atoms with Crippen LogP contribution in [0.3, 0.4) is 0 Å². The summed E-state index contributed by atoms with van der Waals surface area (Å²) in [4.78, 5) is 26.7. The fourth-order valence-corrected chi connectivity index (χ4v) is 3.51. The highest BCUT2D eigenvalue weighted by Crippen LogP contribution is 2.29. The van der Waals surface area contributed by atoms with Crippen LogP contribution in [0.25, 0.3) is 0 Å². The van der Waals surface area contributed by atoms with E-state index in [1.807, 2.05) is 6.07 Å². The number of hydrogen-bond acceptors (Lipinski definition) is 4. The summed E-state index contributed by atoms with van der Waals surface area (Å²) in [5.74, 6) is 0.0182. The lowest BCUT2D eigenvalue weighted by Gasteiger charge is -2.13. The van der Waals surface area contributed by atoms with Crippen molar-refractivity contribution in [3.05, 3.63) is 54.3 Å². The average Bonchev–Trinajstić information content (AvgIpc) is 2.58. The van der Waals surface area contributed by atoms with Gasteiger partial charge in [-0.25, -0.2) is 4.39 Å². The van der Waals surface area contributed by atoms with Crippen LogP contribution < -0.4 is 5.32 Å². The number of halogens is 1. The Morgan fingerprint density at radius 3 is 2.36 bits per heavy atom. The van der Waals surface area contributed by atoms with Gasteiger partial charge < -0.3 is 10.2 Å². The van der Waals surface area contributed by atoms with Crippen molar-refractivity contribution in [3.8, 4) is 0 Å². The monoisotopic (exact) mass is 378 g/mol. The Balaban J connectivity index is 1.90. The second-order valence-electron chi connectivity index (χ2n) is 5.34. The Morgan fingerprint density at radius 2 is 1.68 bits per heavy atom. The number of nitrogens with one attached hydrogen (secondary N) is 1. The first-order valence-corrected chi connectivity index (χ1v) is 9.43. The van der Waals surface area contributed by atoms with Crippen molar-refractivity contribution in [1.82, 2.24) is 4.90 Å². The molecule has 2 aromatic rings. The SMILES string of the molecule is CN(C)C(=O)Sc1ccccc1NC(=O)CCSc1ccccc1F. The number of para-hydroxylation sites is 1. The van der Waals surface area contributed by atoms with Gasteiger partial charge in [0, 0.05) is 36.1 Å². The maximum atomic E-state index is 13.5. The molecule has 25 heavy (non-hydrogen) atoms. The van der Waals surface area contributed by atoms with Crippen molar-refractivity contribution >= 4 is 40.4 Å². The molecule has 0 saturated heterocycles. The molecule has 0 heterocycles. The minimum absolute atomic E-state index is 0.114. The van der Waals surface area contributed by atoms with Crippen molar-refractivity contribution in [2.24, 2.45) is 0 Å². The summed E-state index contributed by atoms with van der Waals surface area (Å²) in [7, 11) is 3.35. The molecular weight excluding hydrogens is 359 g/mol. The molecule has 0 atom stereocenters. The zero-order valence-corrected chi connectivity index (χ0v) is 15.6. The first kappa shape index (κ1) is 19.3. The van der Waals surface area contributed by atoms with Crippen LogP contribution in [-0.2, 0) is 4.79 Å². The van der Waals surface area contributed by atoms with Gasteiger partial charge >= 0.3 is 0 Å². The van der Waals surface area contributed by atoms with Crippen molar-refractivity contribution < 1.29 is 14.0 Å². The quantitative estimate of drug-likeness (QED) is 0.739. The molecule has 0 aliphatic heterocycles. The van der Waals surface area contributed by atoms with E-state index in [-0.39, 0.29) is 23.4 Å². The number of rotatable bonds is 6. The number of amides is 2. The first-order chi connectivity index (χ1) is 12.0. The molecule has 0 fully saturated rings. The fourth-order valence-electron chi connectivity index (χ4n) is 1.87. The number of anilines is 1. The van der Waals surface area contributed by atoms with E-state index in [2.05, 4.69) is 5.32 Å². The van der Waals surface area contributed by atoms with Crippen LogP contribution >= 0.6 is 23.5 Å². The van der Waals surface area contributed by atoms with E-state index in [0.717, 1.165) is 11.8 Å².